The van der Waals surface area contributed by atoms with Crippen molar-refractivity contribution in [1.29, 1.82) is 0 Å². The fourth-order valence-electron chi connectivity index (χ4n) is 3.68. The molecular formula is C26H24N2O4. The Balaban J connectivity index is 1.79. The van der Waals surface area contributed by atoms with E-state index in [4.69, 9.17) is 4.74 Å². The number of carbonyl (C=O) groups is 2. The van der Waals surface area contributed by atoms with Crippen molar-refractivity contribution < 1.29 is 19.4 Å². The number of hydrogen-bond donors (Lipinski definition) is 1. The summed E-state index contributed by atoms with van der Waals surface area (Å²) in [5.41, 5.74) is 1.74. The fraction of sp³-hybridized carbons (Fsp3) is 0.192. The predicted octanol–water partition coefficient (Wildman–Crippen LogP) is 4.74. The van der Waals surface area contributed by atoms with Gasteiger partial charge in [0, 0.05) is 23.6 Å². The van der Waals surface area contributed by atoms with E-state index in [0.29, 0.717) is 35.1 Å². The van der Waals surface area contributed by atoms with Gasteiger partial charge in [-0.25, -0.2) is 0 Å². The largest absolute Gasteiger partial charge is 0.507 e. The van der Waals surface area contributed by atoms with Gasteiger partial charge in [0.15, 0.2) is 0 Å². The lowest BCUT2D eigenvalue weighted by atomic mass is 9.95. The predicted molar refractivity (Wildman–Crippen MR) is 122 cm³/mol. The molecule has 0 saturated carbocycles. The zero-order chi connectivity index (χ0) is 22.7. The van der Waals surface area contributed by atoms with E-state index in [-0.39, 0.29) is 11.3 Å². The number of rotatable bonds is 6. The van der Waals surface area contributed by atoms with Crippen LogP contribution in [0.4, 0.5) is 5.69 Å². The third-order valence-corrected chi connectivity index (χ3v) is 5.21. The van der Waals surface area contributed by atoms with E-state index in [0.717, 1.165) is 0 Å². The maximum Gasteiger partial charge on any atom is 0.300 e. The molecule has 6 nitrogen and oxygen atoms in total. The minimum absolute atomic E-state index is 0.0425. The van der Waals surface area contributed by atoms with E-state index >= 15 is 0 Å². The summed E-state index contributed by atoms with van der Waals surface area (Å²) < 4.78 is 5.70. The second kappa shape index (κ2) is 9.06. The van der Waals surface area contributed by atoms with Gasteiger partial charge in [-0.2, -0.15) is 0 Å². The number of carbonyl (C=O) groups excluding carboxylic acids is 2. The molecular weight excluding hydrogens is 404 g/mol. The number of ether oxygens (including phenoxy) is 1. The molecule has 4 rings (SSSR count). The van der Waals surface area contributed by atoms with E-state index in [1.54, 1.807) is 73.1 Å². The van der Waals surface area contributed by atoms with Gasteiger partial charge in [0.2, 0.25) is 0 Å². The molecule has 1 unspecified atom stereocenters. The molecule has 2 aromatic carbocycles. The molecule has 1 amide bonds. The maximum atomic E-state index is 13.1. The number of aromatic nitrogens is 1. The van der Waals surface area contributed by atoms with Crippen LogP contribution in [-0.2, 0) is 9.59 Å². The Morgan fingerprint density at radius 1 is 1.00 bits per heavy atom. The zero-order valence-corrected chi connectivity index (χ0v) is 17.9. The molecule has 1 atom stereocenters. The molecule has 2 heterocycles. The lowest BCUT2D eigenvalue weighted by Gasteiger charge is -2.25. The second-order valence-electron chi connectivity index (χ2n) is 8.01. The van der Waals surface area contributed by atoms with Gasteiger partial charge in [-0.15, -0.1) is 0 Å². The summed E-state index contributed by atoms with van der Waals surface area (Å²) in [6.45, 7) is 4.70. The molecule has 3 aromatic rings. The average Bonchev–Trinajstić information content (AvgIpc) is 3.09. The van der Waals surface area contributed by atoms with Crippen molar-refractivity contribution >= 4 is 23.1 Å². The van der Waals surface area contributed by atoms with Crippen molar-refractivity contribution in [2.24, 2.45) is 5.92 Å². The summed E-state index contributed by atoms with van der Waals surface area (Å²) in [5.74, 6) is -0.577. The van der Waals surface area contributed by atoms with Crippen LogP contribution >= 0.6 is 0 Å². The van der Waals surface area contributed by atoms with Crippen LogP contribution in [0.3, 0.4) is 0 Å². The van der Waals surface area contributed by atoms with Crippen molar-refractivity contribution in [1.82, 2.24) is 4.98 Å². The highest BCUT2D eigenvalue weighted by Gasteiger charge is 2.46. The summed E-state index contributed by atoms with van der Waals surface area (Å²) >= 11 is 0. The summed E-state index contributed by atoms with van der Waals surface area (Å²) in [4.78, 5) is 31.6. The van der Waals surface area contributed by atoms with Crippen LogP contribution in [0, 0.1) is 5.92 Å². The minimum Gasteiger partial charge on any atom is -0.507 e. The topological polar surface area (TPSA) is 79.7 Å². The number of amides is 1. The van der Waals surface area contributed by atoms with Crippen LogP contribution in [0.1, 0.15) is 31.0 Å². The first kappa shape index (κ1) is 21.3. The van der Waals surface area contributed by atoms with E-state index in [9.17, 15) is 14.7 Å². The number of hydrogen-bond acceptors (Lipinski definition) is 5. The van der Waals surface area contributed by atoms with Gasteiger partial charge in [-0.3, -0.25) is 19.5 Å². The van der Waals surface area contributed by atoms with Gasteiger partial charge >= 0.3 is 0 Å². The number of benzene rings is 2. The van der Waals surface area contributed by atoms with Crippen LogP contribution in [-0.4, -0.2) is 28.4 Å². The SMILES string of the molecule is CC(C)COc1ccc(/C(O)=C2/C(=O)C(=O)N(c3ccccc3)C2c2ccncc2)cc1. The van der Waals surface area contributed by atoms with Crippen molar-refractivity contribution in [2.45, 2.75) is 19.9 Å². The number of pyridine rings is 1. The Hall–Kier alpha value is -3.93. The van der Waals surface area contributed by atoms with E-state index in [1.165, 1.54) is 4.90 Å². The second-order valence-corrected chi connectivity index (χ2v) is 8.01. The quantitative estimate of drug-likeness (QED) is 0.348. The molecule has 1 N–H and O–H groups in total. The lowest BCUT2D eigenvalue weighted by Crippen LogP contribution is -2.29. The molecule has 32 heavy (non-hydrogen) atoms. The summed E-state index contributed by atoms with van der Waals surface area (Å²) in [6, 6.07) is 18.5. The van der Waals surface area contributed by atoms with E-state index in [1.807, 2.05) is 6.07 Å². The van der Waals surface area contributed by atoms with Crippen LogP contribution < -0.4 is 9.64 Å². The van der Waals surface area contributed by atoms with E-state index < -0.39 is 17.7 Å². The molecule has 1 saturated heterocycles. The van der Waals surface area contributed by atoms with Crippen LogP contribution in [0.25, 0.3) is 5.76 Å². The monoisotopic (exact) mass is 428 g/mol. The fourth-order valence-corrected chi connectivity index (χ4v) is 3.68. The molecule has 162 valence electrons. The first-order valence-electron chi connectivity index (χ1n) is 10.5. The highest BCUT2D eigenvalue weighted by molar-refractivity contribution is 6.51. The van der Waals surface area contributed by atoms with Crippen LogP contribution in [0.15, 0.2) is 84.7 Å². The molecule has 1 aromatic heterocycles. The van der Waals surface area contributed by atoms with Gasteiger partial charge in [0.05, 0.1) is 18.2 Å². The molecule has 1 fully saturated rings. The number of para-hydroxylation sites is 1. The van der Waals surface area contributed by atoms with Gasteiger partial charge in [-0.05, 0) is 60.0 Å². The highest BCUT2D eigenvalue weighted by atomic mass is 16.5. The maximum absolute atomic E-state index is 13.1. The summed E-state index contributed by atoms with van der Waals surface area (Å²) in [6.07, 6.45) is 3.20. The van der Waals surface area contributed by atoms with Crippen LogP contribution in [0.5, 0.6) is 5.75 Å². The van der Waals surface area contributed by atoms with Crippen molar-refractivity contribution in [3.05, 3.63) is 95.8 Å². The number of anilines is 1. The van der Waals surface area contributed by atoms with Crippen molar-refractivity contribution in [2.75, 3.05) is 11.5 Å². The molecule has 1 aliphatic rings. The third kappa shape index (κ3) is 4.12. The highest BCUT2D eigenvalue weighted by Crippen LogP contribution is 2.41. The number of aliphatic hydroxyl groups is 1. The molecule has 0 radical (unpaired) electrons. The summed E-state index contributed by atoms with van der Waals surface area (Å²) in [5, 5.41) is 11.1. The summed E-state index contributed by atoms with van der Waals surface area (Å²) in [7, 11) is 0. The van der Waals surface area contributed by atoms with Crippen molar-refractivity contribution in [3.63, 3.8) is 0 Å². The number of Topliss-reactive ketones (excluding diaryl/α,β-unsaturated/α-hetero) is 1. The molecule has 0 bridgehead atoms. The molecule has 0 spiro atoms. The molecule has 0 aliphatic carbocycles. The number of aliphatic hydroxyl groups excluding tert-OH is 1. The number of nitrogens with zero attached hydrogens (tertiary/aromatic N) is 2. The van der Waals surface area contributed by atoms with Gasteiger partial charge in [0.25, 0.3) is 11.7 Å². The molecule has 6 heteroatoms. The van der Waals surface area contributed by atoms with Crippen LogP contribution in [0.2, 0.25) is 0 Å². The zero-order valence-electron chi connectivity index (χ0n) is 17.9. The third-order valence-electron chi connectivity index (χ3n) is 5.21. The smallest absolute Gasteiger partial charge is 0.300 e. The average molecular weight is 428 g/mol. The van der Waals surface area contributed by atoms with E-state index in [2.05, 4.69) is 18.8 Å². The van der Waals surface area contributed by atoms with Crippen molar-refractivity contribution in [3.8, 4) is 5.75 Å². The minimum atomic E-state index is -0.766. The Morgan fingerprint density at radius 3 is 2.28 bits per heavy atom. The normalized spacial score (nSPS) is 17.7. The Bertz CT molecular complexity index is 1140. The number of ketones is 1. The first-order valence-corrected chi connectivity index (χ1v) is 10.5. The van der Waals surface area contributed by atoms with Gasteiger partial charge in [-0.1, -0.05) is 32.0 Å². The Morgan fingerprint density at radius 2 is 1.66 bits per heavy atom. The van der Waals surface area contributed by atoms with Gasteiger partial charge < -0.3 is 9.84 Å². The standard InChI is InChI=1S/C26H24N2O4/c1-17(2)16-32-21-10-8-19(9-11-21)24(29)22-23(18-12-14-27-15-13-18)28(26(31)25(22)30)20-6-4-3-5-7-20/h3-15,17,23,29H,16H2,1-2H3/b24-22-. The van der Waals surface area contributed by atoms with Gasteiger partial charge in [0.1, 0.15) is 11.5 Å². The first-order chi connectivity index (χ1) is 15.5. The Labute approximate surface area is 186 Å². The Kier molecular flexibility index (Phi) is 6.03. The molecule has 1 aliphatic heterocycles. The lowest BCUT2D eigenvalue weighted by molar-refractivity contribution is -0.132.